The Kier molecular flexibility index (Phi) is 6.67. The molecule has 24 heteroatoms. The summed E-state index contributed by atoms with van der Waals surface area (Å²) in [7, 11) is 3.00. The Morgan fingerprint density at radius 2 is 1.47 bits per heavy atom. The number of fused-ring (bicyclic) bond motifs is 3. The second-order valence-electron chi connectivity index (χ2n) is 10.8. The number of hydrogen-bond donors (Lipinski definition) is 2. The molecule has 8 heterocycles. The van der Waals surface area contributed by atoms with Gasteiger partial charge < -0.3 is 43.8 Å². The highest BCUT2D eigenvalue weighted by Gasteiger charge is 2.65. The fourth-order valence-electron chi connectivity index (χ4n) is 5.93. The fourth-order valence-corrected chi connectivity index (χ4v) is 8.03. The van der Waals surface area contributed by atoms with E-state index >= 15 is 4.39 Å². The van der Waals surface area contributed by atoms with E-state index in [-0.39, 0.29) is 29.4 Å². The van der Waals surface area contributed by atoms with Gasteiger partial charge in [-0.05, 0) is 0 Å². The van der Waals surface area contributed by atoms with Crippen molar-refractivity contribution in [3.8, 4) is 0 Å². The van der Waals surface area contributed by atoms with E-state index in [1.807, 2.05) is 0 Å². The Balaban J connectivity index is 1.10. The van der Waals surface area contributed by atoms with Crippen molar-refractivity contribution in [3.05, 3.63) is 25.3 Å². The van der Waals surface area contributed by atoms with Gasteiger partial charge in [0, 0.05) is 0 Å². The quantitative estimate of drug-likeness (QED) is 0.214. The minimum absolute atomic E-state index is 0.0607. The zero-order chi connectivity index (χ0) is 31.3. The number of alkyl halides is 1. The van der Waals surface area contributed by atoms with Gasteiger partial charge in [0.1, 0.15) is 53.7 Å². The van der Waals surface area contributed by atoms with Crippen molar-refractivity contribution in [2.24, 2.45) is 0 Å². The van der Waals surface area contributed by atoms with Gasteiger partial charge in [-0.3, -0.25) is 18.3 Å². The van der Waals surface area contributed by atoms with Crippen LogP contribution in [0.25, 0.3) is 22.3 Å². The molecule has 232 valence electrons. The van der Waals surface area contributed by atoms with Crippen molar-refractivity contribution in [3.63, 3.8) is 0 Å². The number of anilines is 2. The molecule has 0 aromatic carbocycles. The third kappa shape index (κ3) is 4.70. The molecule has 4 fully saturated rings. The SMILES string of the molecule is [B][P@]1(=O)OC[C@H]2O[C@@H](n3cnc4c(N)ncnc43)[C@@H](F)C2O[P@]([B])(=O)OC[C@@]23COC([C@H](n4cnc5c(N)ncnc54)O2)[C@H]3O1. The number of rotatable bonds is 2. The molecule has 19 nitrogen and oxygen atoms in total. The molecule has 4 saturated heterocycles. The number of aromatic nitrogens is 8. The maximum Gasteiger partial charge on any atom is 0.264 e. The molecule has 0 saturated carbocycles. The lowest BCUT2D eigenvalue weighted by molar-refractivity contribution is -0.183. The molecular weight excluding hydrogens is 639 g/mol. The molecule has 45 heavy (non-hydrogen) atoms. The summed E-state index contributed by atoms with van der Waals surface area (Å²) in [5.41, 5.74) is 11.2. The van der Waals surface area contributed by atoms with Crippen LogP contribution in [-0.4, -0.2) is 110 Å². The van der Waals surface area contributed by atoms with E-state index < -0.39 is 76.8 Å². The first kappa shape index (κ1) is 29.3. The zero-order valence-electron chi connectivity index (χ0n) is 22.8. The Hall–Kier alpha value is -3.06. The van der Waals surface area contributed by atoms with Crippen LogP contribution in [0.3, 0.4) is 0 Å². The van der Waals surface area contributed by atoms with Crippen LogP contribution in [0.4, 0.5) is 16.0 Å². The van der Waals surface area contributed by atoms with E-state index in [0.29, 0.717) is 11.2 Å². The van der Waals surface area contributed by atoms with E-state index in [1.165, 1.54) is 34.4 Å². The zero-order valence-corrected chi connectivity index (χ0v) is 24.6. The van der Waals surface area contributed by atoms with Crippen molar-refractivity contribution in [1.29, 1.82) is 0 Å². The molecule has 2 unspecified atom stereocenters. The van der Waals surface area contributed by atoms with Gasteiger partial charge in [-0.1, -0.05) is 0 Å². The predicted molar refractivity (Wildman–Crippen MR) is 149 cm³/mol. The molecule has 4 aromatic rings. The van der Waals surface area contributed by atoms with Gasteiger partial charge in [0.15, 0.2) is 41.6 Å². The molecule has 10 atom stereocenters. The number of ether oxygens (including phenoxy) is 3. The molecule has 2 bridgehead atoms. The fraction of sp³-hybridized carbons (Fsp3) is 0.524. The van der Waals surface area contributed by atoms with Crippen molar-refractivity contribution >= 4 is 64.0 Å². The van der Waals surface area contributed by atoms with Crippen LogP contribution >= 0.6 is 14.9 Å². The van der Waals surface area contributed by atoms with Crippen LogP contribution in [0.15, 0.2) is 25.3 Å². The summed E-state index contributed by atoms with van der Waals surface area (Å²) in [6, 6.07) is 0. The third-order valence-electron chi connectivity index (χ3n) is 8.00. The molecule has 4 radical (unpaired) electrons. The van der Waals surface area contributed by atoms with E-state index in [0.717, 1.165) is 0 Å². The van der Waals surface area contributed by atoms with Gasteiger partial charge in [-0.2, -0.15) is 0 Å². The average Bonchev–Trinajstić information content (AvgIpc) is 3.80. The van der Waals surface area contributed by atoms with Crippen LogP contribution in [0.1, 0.15) is 12.5 Å². The van der Waals surface area contributed by atoms with E-state index in [2.05, 4.69) is 29.9 Å². The summed E-state index contributed by atoms with van der Waals surface area (Å²) in [4.78, 5) is 24.5. The minimum atomic E-state index is -4.54. The monoisotopic (exact) mass is 660 g/mol. The van der Waals surface area contributed by atoms with Crippen molar-refractivity contribution < 1.29 is 45.8 Å². The molecule has 4 N–H and O–H groups in total. The molecule has 4 aliphatic rings. The maximum absolute atomic E-state index is 16.0. The average molecular weight is 660 g/mol. The first-order chi connectivity index (χ1) is 21.5. The maximum atomic E-state index is 16.0. The lowest BCUT2D eigenvalue weighted by Crippen LogP contribution is -2.46. The summed E-state index contributed by atoms with van der Waals surface area (Å²) in [5.74, 6) is 0.193. The van der Waals surface area contributed by atoms with Crippen molar-refractivity contribution in [2.75, 3.05) is 31.3 Å². The highest BCUT2D eigenvalue weighted by atomic mass is 31.2. The van der Waals surface area contributed by atoms with Gasteiger partial charge in [-0.25, -0.2) is 34.3 Å². The van der Waals surface area contributed by atoms with Crippen LogP contribution in [0.5, 0.6) is 0 Å². The number of nitrogens with two attached hydrogens (primary N) is 2. The Bertz CT molecular complexity index is 1920. The van der Waals surface area contributed by atoms with Gasteiger partial charge in [0.2, 0.25) is 15.1 Å². The lowest BCUT2D eigenvalue weighted by atomic mass is 10.0. The van der Waals surface area contributed by atoms with E-state index in [1.54, 1.807) is 0 Å². The van der Waals surface area contributed by atoms with Gasteiger partial charge >= 0.3 is 0 Å². The first-order valence-corrected chi connectivity index (χ1v) is 16.6. The number of imidazole rings is 2. The summed E-state index contributed by atoms with van der Waals surface area (Å²) in [6.07, 6.45) is -4.53. The Morgan fingerprint density at radius 1 is 0.844 bits per heavy atom. The highest BCUT2D eigenvalue weighted by molar-refractivity contribution is 7.79. The van der Waals surface area contributed by atoms with Crippen LogP contribution in [0, 0.1) is 0 Å². The van der Waals surface area contributed by atoms with Gasteiger partial charge in [-0.15, -0.1) is 0 Å². The standard InChI is InChI=1S/C21H21B2FN10O9P2/c22-44(35)38-1-8-12(9(24)19(40-8)33-6-31-10-15(25)27-4-29-17(10)33)42-45(23,36)39-3-21-2-37-13(14(21)43-44)20(41-21)34-7-32-11-16(26)28-5-30-18(11)34/h4-9,12-14,19-20H,1-3H2,(H2,25,27,29)(H2,26,28,30)/t8-,9+,12?,13?,14-,19-,20-,21-,44+,45-/m1/s1. The summed E-state index contributed by atoms with van der Waals surface area (Å²) in [5, 5.41) is 0. The molecule has 0 aliphatic carbocycles. The van der Waals surface area contributed by atoms with Gasteiger partial charge in [0.25, 0.3) is 14.9 Å². The normalized spacial score (nSPS) is 40.2. The van der Waals surface area contributed by atoms with Crippen molar-refractivity contribution in [1.82, 2.24) is 39.0 Å². The summed E-state index contributed by atoms with van der Waals surface area (Å²) < 4.78 is 86.3. The van der Waals surface area contributed by atoms with E-state index in [9.17, 15) is 9.13 Å². The molecule has 0 amide bonds. The first-order valence-electron chi connectivity index (χ1n) is 13.3. The topological polar surface area (TPSA) is 238 Å². The van der Waals surface area contributed by atoms with E-state index in [4.69, 9.17) is 58.9 Å². The summed E-state index contributed by atoms with van der Waals surface area (Å²) >= 11 is 0. The molecule has 0 spiro atoms. The number of nitrogen functional groups attached to an aromatic ring is 2. The second kappa shape index (κ2) is 10.2. The molecule has 4 aliphatic heterocycles. The van der Waals surface area contributed by atoms with Crippen LogP contribution in [0.2, 0.25) is 0 Å². The largest absolute Gasteiger partial charge is 0.382 e. The molecular formula is C21H21B2FN10O9P2. The molecule has 8 rings (SSSR count). The van der Waals surface area contributed by atoms with Gasteiger partial charge in [0.05, 0.1) is 32.5 Å². The van der Waals surface area contributed by atoms with Crippen molar-refractivity contribution in [2.45, 2.75) is 48.6 Å². The van der Waals surface area contributed by atoms with Crippen LogP contribution in [-0.2, 0) is 41.4 Å². The molecule has 4 aromatic heterocycles. The lowest BCUT2D eigenvalue weighted by Gasteiger charge is -2.34. The number of hydrogen-bond acceptors (Lipinski definition) is 17. The highest BCUT2D eigenvalue weighted by Crippen LogP contribution is 2.58. The minimum Gasteiger partial charge on any atom is -0.382 e. The van der Waals surface area contributed by atoms with Crippen LogP contribution < -0.4 is 11.5 Å². The number of nitrogens with zero attached hydrogens (tertiary/aromatic N) is 8. The Labute approximate surface area is 254 Å². The Morgan fingerprint density at radius 3 is 2.13 bits per heavy atom. The second-order valence-corrected chi connectivity index (χ2v) is 13.9. The number of halogens is 1. The summed E-state index contributed by atoms with van der Waals surface area (Å²) in [6.45, 7) is -1.37. The third-order valence-corrected chi connectivity index (χ3v) is 10.1. The predicted octanol–water partition coefficient (Wildman–Crippen LogP) is 0.103. The smallest absolute Gasteiger partial charge is 0.264 e.